The Bertz CT molecular complexity index is 1130. The number of nitrogens with zero attached hydrogens (tertiary/aromatic N) is 3. The molecule has 3 heterocycles. The first-order chi connectivity index (χ1) is 15.6. The van der Waals surface area contributed by atoms with Crippen LogP contribution in [0.3, 0.4) is 0 Å². The second-order valence-corrected chi connectivity index (χ2v) is 9.86. The molecule has 1 saturated heterocycles. The molecule has 174 valence electrons. The third-order valence-electron chi connectivity index (χ3n) is 5.89. The van der Waals surface area contributed by atoms with Crippen LogP contribution in [0.2, 0.25) is 10.0 Å². The largest absolute Gasteiger partial charge is 0.491 e. The fourth-order valence-electron chi connectivity index (χ4n) is 4.16. The van der Waals surface area contributed by atoms with Gasteiger partial charge in [0.2, 0.25) is 0 Å². The maximum absolute atomic E-state index is 13.2. The summed E-state index contributed by atoms with van der Waals surface area (Å²) in [4.78, 5) is 22.8. The molecule has 2 aliphatic heterocycles. The molecule has 33 heavy (non-hydrogen) atoms. The number of anilines is 1. The Morgan fingerprint density at radius 1 is 1.03 bits per heavy atom. The second-order valence-electron chi connectivity index (χ2n) is 8.02. The van der Waals surface area contributed by atoms with Gasteiger partial charge in [-0.05, 0) is 56.3 Å². The molecule has 0 spiro atoms. The normalized spacial score (nSPS) is 15.9. The van der Waals surface area contributed by atoms with Gasteiger partial charge in [-0.2, -0.15) is 0 Å². The number of aromatic nitrogens is 1. The molecule has 5 rings (SSSR count). The molecular formula is C24H24Cl3N3O2S. The zero-order valence-corrected chi connectivity index (χ0v) is 21.1. The number of thiazole rings is 1. The smallest absolute Gasteiger partial charge is 0.270 e. The maximum atomic E-state index is 13.2. The molecule has 0 aliphatic carbocycles. The third kappa shape index (κ3) is 5.31. The van der Waals surface area contributed by atoms with Crippen LogP contribution in [-0.4, -0.2) is 48.6 Å². The van der Waals surface area contributed by atoms with Gasteiger partial charge in [-0.3, -0.25) is 9.69 Å². The lowest BCUT2D eigenvalue weighted by Gasteiger charge is -2.26. The number of carbonyl (C=O) groups excluding carboxylic acids is 1. The number of benzene rings is 2. The lowest BCUT2D eigenvalue weighted by Crippen LogP contribution is -2.36. The van der Waals surface area contributed by atoms with E-state index in [1.54, 1.807) is 4.90 Å². The molecule has 3 aromatic rings. The van der Waals surface area contributed by atoms with Crippen molar-refractivity contribution in [3.05, 3.63) is 63.1 Å². The van der Waals surface area contributed by atoms with Crippen molar-refractivity contribution >= 4 is 58.5 Å². The number of likely N-dealkylation sites (tertiary alicyclic amines) is 1. The van der Waals surface area contributed by atoms with Gasteiger partial charge in [-0.15, -0.1) is 23.7 Å². The van der Waals surface area contributed by atoms with Gasteiger partial charge in [0.05, 0.1) is 10.7 Å². The highest BCUT2D eigenvalue weighted by Gasteiger charge is 2.30. The molecule has 0 unspecified atom stereocenters. The van der Waals surface area contributed by atoms with Crippen molar-refractivity contribution in [2.75, 3.05) is 37.7 Å². The van der Waals surface area contributed by atoms with Crippen molar-refractivity contribution < 1.29 is 9.53 Å². The summed E-state index contributed by atoms with van der Waals surface area (Å²) in [6, 6.07) is 13.1. The van der Waals surface area contributed by atoms with Gasteiger partial charge in [0.15, 0.2) is 0 Å². The van der Waals surface area contributed by atoms with Crippen molar-refractivity contribution in [2.45, 2.75) is 19.3 Å². The van der Waals surface area contributed by atoms with Crippen LogP contribution in [0.5, 0.6) is 5.75 Å². The van der Waals surface area contributed by atoms with Crippen LogP contribution in [0.25, 0.3) is 10.6 Å². The summed E-state index contributed by atoms with van der Waals surface area (Å²) in [5.74, 6) is 0.616. The topological polar surface area (TPSA) is 45.7 Å². The van der Waals surface area contributed by atoms with Gasteiger partial charge in [-0.1, -0.05) is 35.3 Å². The van der Waals surface area contributed by atoms with Gasteiger partial charge in [0.25, 0.3) is 5.91 Å². The molecule has 9 heteroatoms. The Morgan fingerprint density at radius 2 is 1.79 bits per heavy atom. The summed E-state index contributed by atoms with van der Waals surface area (Å²) in [6.45, 7) is 4.38. The van der Waals surface area contributed by atoms with E-state index < -0.39 is 0 Å². The molecule has 2 aromatic carbocycles. The van der Waals surface area contributed by atoms with E-state index in [9.17, 15) is 4.79 Å². The minimum Gasteiger partial charge on any atom is -0.491 e. The van der Waals surface area contributed by atoms with E-state index >= 15 is 0 Å². The van der Waals surface area contributed by atoms with Crippen LogP contribution in [-0.2, 0) is 6.42 Å². The Hall–Kier alpha value is -1.83. The van der Waals surface area contributed by atoms with Crippen LogP contribution in [0.1, 0.15) is 28.2 Å². The first kappa shape index (κ1) is 24.3. The fourth-order valence-corrected chi connectivity index (χ4v) is 5.58. The van der Waals surface area contributed by atoms with E-state index in [1.165, 1.54) is 24.2 Å². The summed E-state index contributed by atoms with van der Waals surface area (Å²) in [6.07, 6.45) is 3.24. The van der Waals surface area contributed by atoms with Crippen LogP contribution >= 0.6 is 46.9 Å². The van der Waals surface area contributed by atoms with E-state index in [1.807, 2.05) is 42.5 Å². The number of fused-ring (bicyclic) bond motifs is 1. The van der Waals surface area contributed by atoms with Gasteiger partial charge in [-0.25, -0.2) is 4.98 Å². The Labute approximate surface area is 213 Å². The van der Waals surface area contributed by atoms with Crippen LogP contribution in [0, 0.1) is 0 Å². The second kappa shape index (κ2) is 10.6. The quantitative estimate of drug-likeness (QED) is 0.384. The SMILES string of the molecule is Cl.O=C1c2sc(-c3ccc(Cl)cc3)nc2CCN1c1ccc(OCCN2CCCC2)c(Cl)c1. The van der Waals surface area contributed by atoms with Crippen molar-refractivity contribution in [2.24, 2.45) is 0 Å². The number of rotatable bonds is 6. The zero-order valence-electron chi connectivity index (χ0n) is 17.9. The molecule has 0 bridgehead atoms. The van der Waals surface area contributed by atoms with Crippen molar-refractivity contribution in [1.29, 1.82) is 0 Å². The summed E-state index contributed by atoms with van der Waals surface area (Å²) >= 11 is 13.9. The van der Waals surface area contributed by atoms with Gasteiger partial charge in [0.1, 0.15) is 22.2 Å². The van der Waals surface area contributed by atoms with E-state index in [0.29, 0.717) is 40.2 Å². The van der Waals surface area contributed by atoms with Crippen molar-refractivity contribution in [3.8, 4) is 16.3 Å². The van der Waals surface area contributed by atoms with Crippen LogP contribution in [0.4, 0.5) is 5.69 Å². The van der Waals surface area contributed by atoms with Gasteiger partial charge < -0.3 is 9.64 Å². The van der Waals surface area contributed by atoms with E-state index in [0.717, 1.165) is 41.6 Å². The first-order valence-electron chi connectivity index (χ1n) is 10.8. The highest BCUT2D eigenvalue weighted by atomic mass is 35.5. The average Bonchev–Trinajstić information content (AvgIpc) is 3.46. The molecular weight excluding hydrogens is 501 g/mol. The lowest BCUT2D eigenvalue weighted by molar-refractivity contribution is 0.0984. The molecule has 5 nitrogen and oxygen atoms in total. The van der Waals surface area contributed by atoms with Crippen LogP contribution in [0.15, 0.2) is 42.5 Å². The fraction of sp³-hybridized carbons (Fsp3) is 0.333. The Morgan fingerprint density at radius 3 is 2.52 bits per heavy atom. The lowest BCUT2D eigenvalue weighted by atomic mass is 10.1. The highest BCUT2D eigenvalue weighted by Crippen LogP contribution is 2.36. The summed E-state index contributed by atoms with van der Waals surface area (Å²) in [5, 5.41) is 2.04. The molecule has 1 fully saturated rings. The molecule has 1 aromatic heterocycles. The molecule has 2 aliphatic rings. The Balaban J connectivity index is 0.00000259. The summed E-state index contributed by atoms with van der Waals surface area (Å²) in [7, 11) is 0. The number of halogens is 3. The van der Waals surface area contributed by atoms with Gasteiger partial charge >= 0.3 is 0 Å². The number of carbonyl (C=O) groups is 1. The summed E-state index contributed by atoms with van der Waals surface area (Å²) in [5.41, 5.74) is 2.60. The molecule has 0 saturated carbocycles. The number of ether oxygens (including phenoxy) is 1. The number of hydrogen-bond donors (Lipinski definition) is 0. The van der Waals surface area contributed by atoms with E-state index in [4.69, 9.17) is 32.9 Å². The standard InChI is InChI=1S/C24H23Cl2N3O2S.ClH/c25-17-5-3-16(4-6-17)23-27-20-9-12-29(24(30)22(20)32-23)18-7-8-21(19(26)15-18)31-14-13-28-10-1-2-11-28;/h3-8,15H,1-2,9-14H2;1H. The minimum atomic E-state index is -0.0391. The molecule has 1 amide bonds. The first-order valence-corrected chi connectivity index (χ1v) is 12.4. The maximum Gasteiger partial charge on any atom is 0.270 e. The zero-order chi connectivity index (χ0) is 22.1. The van der Waals surface area contributed by atoms with E-state index in [2.05, 4.69) is 4.90 Å². The van der Waals surface area contributed by atoms with Crippen LogP contribution < -0.4 is 9.64 Å². The van der Waals surface area contributed by atoms with Gasteiger partial charge in [0, 0.05) is 35.8 Å². The predicted octanol–water partition coefficient (Wildman–Crippen LogP) is 6.22. The predicted molar refractivity (Wildman–Crippen MR) is 138 cm³/mol. The van der Waals surface area contributed by atoms with Crippen molar-refractivity contribution in [1.82, 2.24) is 9.88 Å². The monoisotopic (exact) mass is 523 g/mol. The average molecular weight is 525 g/mol. The number of amides is 1. The van der Waals surface area contributed by atoms with Crippen molar-refractivity contribution in [3.63, 3.8) is 0 Å². The highest BCUT2D eigenvalue weighted by molar-refractivity contribution is 7.17. The third-order valence-corrected chi connectivity index (χ3v) is 7.57. The number of hydrogen-bond acceptors (Lipinski definition) is 5. The molecule has 0 atom stereocenters. The summed E-state index contributed by atoms with van der Waals surface area (Å²) < 4.78 is 5.89. The molecule has 0 radical (unpaired) electrons. The van der Waals surface area contributed by atoms with E-state index in [-0.39, 0.29) is 18.3 Å². The molecule has 0 N–H and O–H groups in total. The minimum absolute atomic E-state index is 0. The Kier molecular flexibility index (Phi) is 7.82.